The van der Waals surface area contributed by atoms with Gasteiger partial charge >= 0.3 is 12.0 Å². The van der Waals surface area contributed by atoms with Gasteiger partial charge in [0, 0.05) is 29.4 Å². The van der Waals surface area contributed by atoms with Crippen LogP contribution in [-0.2, 0) is 9.59 Å². The number of aliphatic carboxylic acids is 1. The Labute approximate surface area is 181 Å². The molecular weight excluding hydrogens is 432 g/mol. The lowest BCUT2D eigenvalue weighted by Gasteiger charge is -2.17. The predicted octanol–water partition coefficient (Wildman–Crippen LogP) is 2.12. The van der Waals surface area contributed by atoms with Crippen LogP contribution in [0.5, 0.6) is 0 Å². The third kappa shape index (κ3) is 6.71. The zero-order chi connectivity index (χ0) is 20.6. The van der Waals surface area contributed by atoms with Gasteiger partial charge in [0.1, 0.15) is 11.1 Å². The SMILES string of the molecule is O=C(CCCC[C@@H]1SC[C@@H]2NC(=O)N[C@@H]21)N[C@@H](CSSc1ccccn1)C(=O)O. The van der Waals surface area contributed by atoms with E-state index in [1.54, 1.807) is 6.20 Å². The summed E-state index contributed by atoms with van der Waals surface area (Å²) in [6, 6.07) is 4.90. The number of fused-ring (bicyclic) bond motifs is 1. The third-order valence-electron chi connectivity index (χ3n) is 4.73. The fourth-order valence-corrected chi connectivity index (χ4v) is 6.88. The molecule has 29 heavy (non-hydrogen) atoms. The van der Waals surface area contributed by atoms with Gasteiger partial charge in [0.25, 0.3) is 0 Å². The maximum atomic E-state index is 12.1. The first-order valence-electron chi connectivity index (χ1n) is 9.44. The second-order valence-electron chi connectivity index (χ2n) is 6.86. The number of amides is 3. The topological polar surface area (TPSA) is 120 Å². The Kier molecular flexibility index (Phi) is 8.37. The minimum atomic E-state index is -1.04. The summed E-state index contributed by atoms with van der Waals surface area (Å²) >= 11 is 1.85. The summed E-state index contributed by atoms with van der Waals surface area (Å²) in [5, 5.41) is 19.0. The number of pyridine rings is 1. The van der Waals surface area contributed by atoms with E-state index in [-0.39, 0.29) is 29.8 Å². The Morgan fingerprint density at radius 1 is 1.34 bits per heavy atom. The highest BCUT2D eigenvalue weighted by Gasteiger charge is 2.42. The Bertz CT molecular complexity index is 724. The number of hydrogen-bond acceptors (Lipinski definition) is 7. The number of carboxylic acid groups (broad SMARTS) is 1. The minimum absolute atomic E-state index is 0.0940. The average Bonchev–Trinajstić information content (AvgIpc) is 3.24. The Morgan fingerprint density at radius 2 is 2.21 bits per heavy atom. The third-order valence-corrected chi connectivity index (χ3v) is 8.51. The Hall–Kier alpha value is -1.59. The molecule has 11 heteroatoms. The number of carbonyl (C=O) groups is 3. The quantitative estimate of drug-likeness (QED) is 0.227. The van der Waals surface area contributed by atoms with Crippen LogP contribution in [0.25, 0.3) is 0 Å². The van der Waals surface area contributed by atoms with Crippen molar-refractivity contribution in [1.29, 1.82) is 0 Å². The summed E-state index contributed by atoms with van der Waals surface area (Å²) in [6.07, 6.45) is 4.48. The van der Waals surface area contributed by atoms with Gasteiger partial charge in [-0.2, -0.15) is 11.8 Å². The molecule has 0 radical (unpaired) electrons. The molecule has 2 saturated heterocycles. The highest BCUT2D eigenvalue weighted by atomic mass is 33.1. The number of rotatable bonds is 11. The molecule has 8 nitrogen and oxygen atoms in total. The largest absolute Gasteiger partial charge is 0.480 e. The van der Waals surface area contributed by atoms with Gasteiger partial charge in [-0.1, -0.05) is 23.3 Å². The van der Waals surface area contributed by atoms with Gasteiger partial charge in [0.2, 0.25) is 5.91 Å². The van der Waals surface area contributed by atoms with Gasteiger partial charge in [0.15, 0.2) is 0 Å². The molecule has 3 rings (SSSR count). The van der Waals surface area contributed by atoms with E-state index in [9.17, 15) is 19.5 Å². The summed E-state index contributed by atoms with van der Waals surface area (Å²) in [6.45, 7) is 0. The van der Waals surface area contributed by atoms with E-state index in [1.165, 1.54) is 21.6 Å². The monoisotopic (exact) mass is 456 g/mol. The number of nitrogens with zero attached hydrogens (tertiary/aromatic N) is 1. The summed E-state index contributed by atoms with van der Waals surface area (Å²) in [4.78, 5) is 39.1. The van der Waals surface area contributed by atoms with Gasteiger partial charge in [-0.05, 0) is 35.8 Å². The molecular formula is C18H24N4O4S3. The Morgan fingerprint density at radius 3 is 2.97 bits per heavy atom. The summed E-state index contributed by atoms with van der Waals surface area (Å²) in [5.74, 6) is -0.0984. The predicted molar refractivity (Wildman–Crippen MR) is 116 cm³/mol. The van der Waals surface area contributed by atoms with Crippen LogP contribution >= 0.6 is 33.3 Å². The molecule has 2 aliphatic heterocycles. The van der Waals surface area contributed by atoms with Crippen LogP contribution in [0.4, 0.5) is 4.79 Å². The van der Waals surface area contributed by atoms with Gasteiger partial charge in [-0.25, -0.2) is 14.6 Å². The van der Waals surface area contributed by atoms with Crippen molar-refractivity contribution in [2.24, 2.45) is 0 Å². The van der Waals surface area contributed by atoms with Crippen LogP contribution in [0.1, 0.15) is 25.7 Å². The maximum Gasteiger partial charge on any atom is 0.327 e. The number of hydrogen-bond donors (Lipinski definition) is 4. The van der Waals surface area contributed by atoms with Crippen molar-refractivity contribution >= 4 is 51.3 Å². The van der Waals surface area contributed by atoms with E-state index in [2.05, 4.69) is 20.9 Å². The molecule has 0 bridgehead atoms. The van der Waals surface area contributed by atoms with E-state index < -0.39 is 12.0 Å². The fourth-order valence-electron chi connectivity index (χ4n) is 3.27. The van der Waals surface area contributed by atoms with Gasteiger partial charge in [-0.3, -0.25) is 4.79 Å². The number of nitrogens with one attached hydrogen (secondary N) is 3. The number of urea groups is 1. The van der Waals surface area contributed by atoms with Crippen molar-refractivity contribution in [3.63, 3.8) is 0 Å². The van der Waals surface area contributed by atoms with Gasteiger partial charge < -0.3 is 21.1 Å². The molecule has 1 aromatic heterocycles. The lowest BCUT2D eigenvalue weighted by atomic mass is 10.0. The normalized spacial score (nSPS) is 23.7. The molecule has 0 aromatic carbocycles. The van der Waals surface area contributed by atoms with Gasteiger partial charge in [-0.15, -0.1) is 0 Å². The number of thioether (sulfide) groups is 1. The van der Waals surface area contributed by atoms with Crippen LogP contribution in [0.3, 0.4) is 0 Å². The molecule has 2 aliphatic rings. The molecule has 0 saturated carbocycles. The second kappa shape index (κ2) is 11.0. The zero-order valence-corrected chi connectivity index (χ0v) is 18.2. The van der Waals surface area contributed by atoms with Gasteiger partial charge in [0.05, 0.1) is 12.1 Å². The first-order chi connectivity index (χ1) is 14.0. The first-order valence-corrected chi connectivity index (χ1v) is 12.8. The summed E-state index contributed by atoms with van der Waals surface area (Å²) < 4.78 is 0. The van der Waals surface area contributed by atoms with E-state index in [4.69, 9.17) is 0 Å². The van der Waals surface area contributed by atoms with Crippen LogP contribution in [0, 0.1) is 0 Å². The molecule has 0 aliphatic carbocycles. The average molecular weight is 457 g/mol. The van der Waals surface area contributed by atoms with Crippen LogP contribution in [-0.4, -0.2) is 62.9 Å². The first kappa shape index (κ1) is 22.1. The summed E-state index contributed by atoms with van der Waals surface area (Å²) in [5.41, 5.74) is 0. The maximum absolute atomic E-state index is 12.1. The van der Waals surface area contributed by atoms with E-state index in [0.29, 0.717) is 18.1 Å². The van der Waals surface area contributed by atoms with Crippen molar-refractivity contribution in [2.45, 2.75) is 54.1 Å². The minimum Gasteiger partial charge on any atom is -0.480 e. The van der Waals surface area contributed by atoms with E-state index >= 15 is 0 Å². The molecule has 2 fully saturated rings. The van der Waals surface area contributed by atoms with Crippen molar-refractivity contribution in [2.75, 3.05) is 11.5 Å². The molecule has 0 unspecified atom stereocenters. The summed E-state index contributed by atoms with van der Waals surface area (Å²) in [7, 11) is 2.74. The highest BCUT2D eigenvalue weighted by Crippen LogP contribution is 2.33. The molecule has 4 N–H and O–H groups in total. The molecule has 3 amide bonds. The number of carbonyl (C=O) groups excluding carboxylic acids is 2. The number of aromatic nitrogens is 1. The fraction of sp³-hybridized carbons (Fsp3) is 0.556. The lowest BCUT2D eigenvalue weighted by molar-refractivity contribution is -0.141. The molecule has 4 atom stereocenters. The van der Waals surface area contributed by atoms with Crippen molar-refractivity contribution in [1.82, 2.24) is 20.9 Å². The number of unbranched alkanes of at least 4 members (excludes halogenated alkanes) is 1. The molecule has 3 heterocycles. The lowest BCUT2D eigenvalue weighted by Crippen LogP contribution is -2.42. The zero-order valence-electron chi connectivity index (χ0n) is 15.7. The molecule has 158 valence electrons. The van der Waals surface area contributed by atoms with E-state index in [1.807, 2.05) is 30.0 Å². The van der Waals surface area contributed by atoms with Crippen LogP contribution in [0.15, 0.2) is 29.4 Å². The van der Waals surface area contributed by atoms with Crippen molar-refractivity contribution in [3.8, 4) is 0 Å². The van der Waals surface area contributed by atoms with Crippen molar-refractivity contribution < 1.29 is 19.5 Å². The van der Waals surface area contributed by atoms with Crippen LogP contribution < -0.4 is 16.0 Å². The number of carboxylic acids is 1. The standard InChI is InChI=1S/C18H24N4O4S3/c23-14(6-2-1-5-13-16-11(9-27-13)21-18(26)22-16)20-12(17(24)25)10-28-29-15-7-3-4-8-19-15/h3-4,7-8,11-13,16H,1-2,5-6,9-10H2,(H,20,23)(H,24,25)(H2,21,22,26)/t11-,12-,13-,16-/m0/s1. The molecule has 0 spiro atoms. The van der Waals surface area contributed by atoms with E-state index in [0.717, 1.165) is 23.6 Å². The Balaban J connectivity index is 1.31. The smallest absolute Gasteiger partial charge is 0.327 e. The van der Waals surface area contributed by atoms with Crippen molar-refractivity contribution in [3.05, 3.63) is 24.4 Å². The second-order valence-corrected chi connectivity index (χ2v) is 10.5. The molecule has 1 aromatic rings. The highest BCUT2D eigenvalue weighted by molar-refractivity contribution is 8.76. The van der Waals surface area contributed by atoms with Crippen LogP contribution in [0.2, 0.25) is 0 Å².